The molecule has 0 saturated heterocycles. The molecule has 1 saturated carbocycles. The Kier molecular flexibility index (Phi) is 1.92. The highest BCUT2D eigenvalue weighted by Gasteiger charge is 2.51. The number of benzene rings is 1. The molecule has 1 heteroatoms. The van der Waals surface area contributed by atoms with E-state index in [9.17, 15) is 0 Å². The van der Waals surface area contributed by atoms with Crippen LogP contribution < -0.4 is 5.73 Å². The van der Waals surface area contributed by atoms with Crippen molar-refractivity contribution in [3.8, 4) is 0 Å². The van der Waals surface area contributed by atoms with E-state index in [2.05, 4.69) is 38.1 Å². The Morgan fingerprint density at radius 2 is 2.08 bits per heavy atom. The number of hydrogen-bond acceptors (Lipinski definition) is 1. The van der Waals surface area contributed by atoms with Crippen molar-refractivity contribution in [1.82, 2.24) is 0 Å². The minimum absolute atomic E-state index is 0.311. The Bertz CT molecular complexity index is 315. The summed E-state index contributed by atoms with van der Waals surface area (Å²) in [5.74, 6) is 0.763. The van der Waals surface area contributed by atoms with Gasteiger partial charge < -0.3 is 5.73 Å². The van der Waals surface area contributed by atoms with E-state index >= 15 is 0 Å². The van der Waals surface area contributed by atoms with Crippen molar-refractivity contribution in [2.24, 2.45) is 11.7 Å². The number of aryl methyl sites for hydroxylation is 1. The Hall–Kier alpha value is -0.820. The van der Waals surface area contributed by atoms with E-state index in [0.717, 1.165) is 12.5 Å². The summed E-state index contributed by atoms with van der Waals surface area (Å²) in [5, 5.41) is 0. The topological polar surface area (TPSA) is 26.0 Å². The van der Waals surface area contributed by atoms with E-state index in [1.54, 1.807) is 0 Å². The van der Waals surface area contributed by atoms with Crippen LogP contribution in [0.1, 0.15) is 24.5 Å². The first-order chi connectivity index (χ1) is 6.20. The molecule has 2 rings (SSSR count). The molecule has 70 valence electrons. The summed E-state index contributed by atoms with van der Waals surface area (Å²) in [6.45, 7) is 5.26. The number of hydrogen-bond donors (Lipinski definition) is 1. The van der Waals surface area contributed by atoms with Crippen LogP contribution in [0.2, 0.25) is 0 Å². The van der Waals surface area contributed by atoms with E-state index in [1.165, 1.54) is 17.5 Å². The zero-order valence-electron chi connectivity index (χ0n) is 8.38. The SMILES string of the molecule is Cc1ccccc1C1(CN)CC1C. The van der Waals surface area contributed by atoms with Crippen molar-refractivity contribution < 1.29 is 0 Å². The fraction of sp³-hybridized carbons (Fsp3) is 0.500. The van der Waals surface area contributed by atoms with Gasteiger partial charge >= 0.3 is 0 Å². The van der Waals surface area contributed by atoms with E-state index in [1.807, 2.05) is 0 Å². The molecule has 2 N–H and O–H groups in total. The molecule has 1 aliphatic carbocycles. The average molecular weight is 175 g/mol. The van der Waals surface area contributed by atoms with Gasteiger partial charge in [0.15, 0.2) is 0 Å². The molecule has 0 bridgehead atoms. The molecule has 0 radical (unpaired) electrons. The molecule has 0 spiro atoms. The maximum atomic E-state index is 5.86. The van der Waals surface area contributed by atoms with Gasteiger partial charge in [0.25, 0.3) is 0 Å². The molecule has 0 amide bonds. The van der Waals surface area contributed by atoms with Crippen molar-refractivity contribution >= 4 is 0 Å². The molecule has 1 aromatic carbocycles. The molecule has 2 unspecified atom stereocenters. The van der Waals surface area contributed by atoms with Crippen LogP contribution >= 0.6 is 0 Å². The lowest BCUT2D eigenvalue weighted by Crippen LogP contribution is -2.22. The summed E-state index contributed by atoms with van der Waals surface area (Å²) >= 11 is 0. The van der Waals surface area contributed by atoms with Gasteiger partial charge in [0.2, 0.25) is 0 Å². The van der Waals surface area contributed by atoms with Crippen molar-refractivity contribution in [2.45, 2.75) is 25.7 Å². The Morgan fingerprint density at radius 1 is 1.46 bits per heavy atom. The average Bonchev–Trinajstić information content (AvgIpc) is 2.79. The van der Waals surface area contributed by atoms with E-state index in [4.69, 9.17) is 5.73 Å². The molecule has 13 heavy (non-hydrogen) atoms. The molecule has 1 fully saturated rings. The minimum Gasteiger partial charge on any atom is -0.330 e. The largest absolute Gasteiger partial charge is 0.330 e. The first kappa shape index (κ1) is 8.76. The lowest BCUT2D eigenvalue weighted by molar-refractivity contribution is 0.637. The van der Waals surface area contributed by atoms with Crippen LogP contribution in [-0.2, 0) is 5.41 Å². The molecule has 0 aliphatic heterocycles. The standard InChI is InChI=1S/C12H17N/c1-9-5-3-4-6-11(9)12(8-13)7-10(12)2/h3-6,10H,7-8,13H2,1-2H3. The van der Waals surface area contributed by atoms with Crippen LogP contribution in [0.25, 0.3) is 0 Å². The van der Waals surface area contributed by atoms with Crippen molar-refractivity contribution in [3.05, 3.63) is 35.4 Å². The third-order valence-corrected chi connectivity index (χ3v) is 3.50. The second kappa shape index (κ2) is 2.85. The highest BCUT2D eigenvalue weighted by molar-refractivity contribution is 5.39. The molecular weight excluding hydrogens is 158 g/mol. The number of nitrogens with two attached hydrogens (primary N) is 1. The van der Waals surface area contributed by atoms with E-state index in [-0.39, 0.29) is 0 Å². The summed E-state index contributed by atoms with van der Waals surface area (Å²) in [6, 6.07) is 8.62. The van der Waals surface area contributed by atoms with Crippen LogP contribution in [-0.4, -0.2) is 6.54 Å². The van der Waals surface area contributed by atoms with Gasteiger partial charge in [0.1, 0.15) is 0 Å². The first-order valence-electron chi connectivity index (χ1n) is 4.97. The summed E-state index contributed by atoms with van der Waals surface area (Å²) in [6.07, 6.45) is 1.26. The maximum Gasteiger partial charge on any atom is 0.0107 e. The molecule has 1 nitrogen and oxygen atoms in total. The monoisotopic (exact) mass is 175 g/mol. The van der Waals surface area contributed by atoms with Crippen molar-refractivity contribution in [1.29, 1.82) is 0 Å². The fourth-order valence-corrected chi connectivity index (χ4v) is 2.39. The van der Waals surface area contributed by atoms with Gasteiger partial charge in [0, 0.05) is 12.0 Å². The van der Waals surface area contributed by atoms with Crippen LogP contribution in [0.15, 0.2) is 24.3 Å². The summed E-state index contributed by atoms with van der Waals surface area (Å²) in [5.41, 5.74) is 9.02. The highest BCUT2D eigenvalue weighted by atomic mass is 14.7. The molecule has 0 heterocycles. The van der Waals surface area contributed by atoms with Gasteiger partial charge in [-0.2, -0.15) is 0 Å². The Labute approximate surface area is 80.0 Å². The van der Waals surface area contributed by atoms with Crippen LogP contribution in [0, 0.1) is 12.8 Å². The smallest absolute Gasteiger partial charge is 0.0107 e. The maximum absolute atomic E-state index is 5.86. The van der Waals surface area contributed by atoms with Gasteiger partial charge in [-0.15, -0.1) is 0 Å². The fourth-order valence-electron chi connectivity index (χ4n) is 2.39. The van der Waals surface area contributed by atoms with E-state index in [0.29, 0.717) is 5.41 Å². The summed E-state index contributed by atoms with van der Waals surface area (Å²) < 4.78 is 0. The van der Waals surface area contributed by atoms with Gasteiger partial charge in [-0.05, 0) is 30.4 Å². The third kappa shape index (κ3) is 1.19. The zero-order valence-corrected chi connectivity index (χ0v) is 8.38. The quantitative estimate of drug-likeness (QED) is 0.733. The van der Waals surface area contributed by atoms with Gasteiger partial charge in [0.05, 0.1) is 0 Å². The van der Waals surface area contributed by atoms with Gasteiger partial charge in [-0.25, -0.2) is 0 Å². The Morgan fingerprint density at radius 3 is 2.54 bits per heavy atom. The molecule has 0 aromatic heterocycles. The zero-order chi connectivity index (χ0) is 9.47. The Balaban J connectivity index is 2.41. The number of rotatable bonds is 2. The van der Waals surface area contributed by atoms with E-state index < -0.39 is 0 Å². The second-order valence-corrected chi connectivity index (χ2v) is 4.28. The lowest BCUT2D eigenvalue weighted by atomic mass is 9.90. The van der Waals surface area contributed by atoms with Crippen LogP contribution in [0.5, 0.6) is 0 Å². The predicted molar refractivity (Wildman–Crippen MR) is 55.7 cm³/mol. The van der Waals surface area contributed by atoms with Gasteiger partial charge in [-0.3, -0.25) is 0 Å². The third-order valence-electron chi connectivity index (χ3n) is 3.50. The van der Waals surface area contributed by atoms with Gasteiger partial charge in [-0.1, -0.05) is 31.2 Å². The van der Waals surface area contributed by atoms with Crippen molar-refractivity contribution in [2.75, 3.05) is 6.54 Å². The second-order valence-electron chi connectivity index (χ2n) is 4.28. The predicted octanol–water partition coefficient (Wildman–Crippen LogP) is 2.23. The molecular formula is C12H17N. The summed E-state index contributed by atoms with van der Waals surface area (Å²) in [4.78, 5) is 0. The summed E-state index contributed by atoms with van der Waals surface area (Å²) in [7, 11) is 0. The lowest BCUT2D eigenvalue weighted by Gasteiger charge is -2.16. The highest BCUT2D eigenvalue weighted by Crippen LogP contribution is 2.53. The molecule has 1 aliphatic rings. The van der Waals surface area contributed by atoms with Crippen LogP contribution in [0.3, 0.4) is 0 Å². The molecule has 1 aromatic rings. The normalized spacial score (nSPS) is 31.8. The minimum atomic E-state index is 0.311. The first-order valence-corrected chi connectivity index (χ1v) is 4.97. The molecule has 2 atom stereocenters. The van der Waals surface area contributed by atoms with Crippen molar-refractivity contribution in [3.63, 3.8) is 0 Å². The van der Waals surface area contributed by atoms with Crippen LogP contribution in [0.4, 0.5) is 0 Å².